The van der Waals surface area contributed by atoms with Crippen molar-refractivity contribution in [3.8, 4) is 22.3 Å². The van der Waals surface area contributed by atoms with E-state index in [1.165, 1.54) is 55.9 Å². The number of rotatable bonds is 1. The van der Waals surface area contributed by atoms with Crippen LogP contribution in [-0.2, 0) is 5.41 Å². The Morgan fingerprint density at radius 2 is 1.36 bits per heavy atom. The molecule has 0 saturated heterocycles. The smallest absolute Gasteiger partial charge is 0.0491 e. The lowest BCUT2D eigenvalue weighted by Crippen LogP contribution is -2.22. The first kappa shape index (κ1) is 20.3. The summed E-state index contributed by atoms with van der Waals surface area (Å²) >= 11 is 0. The van der Waals surface area contributed by atoms with E-state index < -0.39 is 0 Å². The molecule has 2 aliphatic rings. The highest BCUT2D eigenvalue weighted by Crippen LogP contribution is 2.58. The van der Waals surface area contributed by atoms with E-state index in [9.17, 15) is 0 Å². The maximum absolute atomic E-state index is 2.49. The number of anilines is 2. The molecule has 164 valence electrons. The van der Waals surface area contributed by atoms with Gasteiger partial charge in [0.2, 0.25) is 0 Å². The van der Waals surface area contributed by atoms with Gasteiger partial charge in [-0.15, -0.1) is 0 Å². The van der Waals surface area contributed by atoms with Crippen LogP contribution >= 0.6 is 0 Å². The van der Waals surface area contributed by atoms with Crippen molar-refractivity contribution in [3.05, 3.63) is 107 Å². The maximum atomic E-state index is 2.49. The van der Waals surface area contributed by atoms with Crippen LogP contribution in [0.5, 0.6) is 0 Å². The fourth-order valence-electron chi connectivity index (χ4n) is 6.42. The van der Waals surface area contributed by atoms with E-state index in [4.69, 9.17) is 0 Å². The average molecular weight is 430 g/mol. The third-order valence-electron chi connectivity index (χ3n) is 8.29. The maximum Gasteiger partial charge on any atom is 0.0491 e. The van der Waals surface area contributed by atoms with Gasteiger partial charge in [0.25, 0.3) is 0 Å². The van der Waals surface area contributed by atoms with Crippen LogP contribution in [-0.4, -0.2) is 7.05 Å². The van der Waals surface area contributed by atoms with Gasteiger partial charge in [0.1, 0.15) is 0 Å². The Balaban J connectivity index is 1.65. The summed E-state index contributed by atoms with van der Waals surface area (Å²) in [5.74, 6) is 0.823. The van der Waals surface area contributed by atoms with Crippen molar-refractivity contribution in [2.75, 3.05) is 11.9 Å². The predicted octanol–water partition coefficient (Wildman–Crippen LogP) is 8.65. The van der Waals surface area contributed by atoms with Gasteiger partial charge in [-0.05, 0) is 62.4 Å². The van der Waals surface area contributed by atoms with E-state index in [1.54, 1.807) is 0 Å². The highest BCUT2D eigenvalue weighted by molar-refractivity contribution is 5.91. The minimum absolute atomic E-state index is 0.0317. The average Bonchev–Trinajstić information content (AvgIpc) is 3.05. The number of benzene rings is 4. The van der Waals surface area contributed by atoms with Crippen molar-refractivity contribution in [2.24, 2.45) is 0 Å². The van der Waals surface area contributed by atoms with E-state index in [1.807, 2.05) is 0 Å². The Kier molecular flexibility index (Phi) is 4.36. The SMILES string of the molecule is CC1c2ccc3c(c2N(C)c2cccc(-c4ccccc4)c2C1C)C(C)(C)c1ccccc1-3. The van der Waals surface area contributed by atoms with Crippen LogP contribution in [0, 0.1) is 0 Å². The summed E-state index contributed by atoms with van der Waals surface area (Å²) in [5, 5.41) is 0. The van der Waals surface area contributed by atoms with Gasteiger partial charge in [-0.2, -0.15) is 0 Å². The van der Waals surface area contributed by atoms with E-state index in [0.29, 0.717) is 11.8 Å². The molecule has 0 bridgehead atoms. The number of hydrogen-bond acceptors (Lipinski definition) is 1. The minimum atomic E-state index is -0.0317. The molecule has 0 amide bonds. The van der Waals surface area contributed by atoms with Gasteiger partial charge in [0, 0.05) is 23.8 Å². The van der Waals surface area contributed by atoms with Crippen molar-refractivity contribution in [2.45, 2.75) is 44.9 Å². The highest BCUT2D eigenvalue weighted by Gasteiger charge is 2.41. The molecule has 1 heterocycles. The standard InChI is InChI=1S/C32H31N/c1-20-21(2)29-24(22-12-7-6-8-13-22)15-11-17-28(29)33(5)31-23(20)18-19-26-25-14-9-10-16-27(25)32(3,4)30(26)31/h6-21H,1-5H3. The molecule has 4 aromatic carbocycles. The molecule has 0 spiro atoms. The van der Waals surface area contributed by atoms with Crippen LogP contribution in [0.3, 0.4) is 0 Å². The Bertz CT molecular complexity index is 1380. The molecule has 1 heteroatoms. The molecule has 0 fully saturated rings. The lowest BCUT2D eigenvalue weighted by molar-refractivity contribution is 0.626. The van der Waals surface area contributed by atoms with Gasteiger partial charge >= 0.3 is 0 Å². The predicted molar refractivity (Wildman–Crippen MR) is 141 cm³/mol. The van der Waals surface area contributed by atoms with E-state index in [-0.39, 0.29) is 5.41 Å². The van der Waals surface area contributed by atoms with Crippen LogP contribution < -0.4 is 4.90 Å². The third kappa shape index (κ3) is 2.72. The summed E-state index contributed by atoms with van der Waals surface area (Å²) < 4.78 is 0. The third-order valence-corrected chi connectivity index (χ3v) is 8.29. The van der Waals surface area contributed by atoms with Crippen molar-refractivity contribution in [1.82, 2.24) is 0 Å². The number of hydrogen-bond donors (Lipinski definition) is 0. The Labute approximate surface area is 197 Å². The van der Waals surface area contributed by atoms with Crippen molar-refractivity contribution in [3.63, 3.8) is 0 Å². The van der Waals surface area contributed by atoms with Gasteiger partial charge < -0.3 is 4.90 Å². The molecule has 2 atom stereocenters. The van der Waals surface area contributed by atoms with Crippen molar-refractivity contribution >= 4 is 11.4 Å². The molecule has 33 heavy (non-hydrogen) atoms. The molecule has 2 unspecified atom stereocenters. The molecule has 1 aliphatic carbocycles. The van der Waals surface area contributed by atoms with Crippen LogP contribution in [0.1, 0.15) is 61.8 Å². The largest absolute Gasteiger partial charge is 0.344 e. The zero-order valence-corrected chi connectivity index (χ0v) is 20.2. The Morgan fingerprint density at radius 1 is 0.667 bits per heavy atom. The van der Waals surface area contributed by atoms with E-state index in [0.717, 1.165) is 0 Å². The molecule has 1 aliphatic heterocycles. The zero-order chi connectivity index (χ0) is 22.9. The molecule has 0 aromatic heterocycles. The minimum Gasteiger partial charge on any atom is -0.344 e. The van der Waals surface area contributed by atoms with E-state index in [2.05, 4.69) is 125 Å². The molecule has 0 radical (unpaired) electrons. The second-order valence-electron chi connectivity index (χ2n) is 10.3. The van der Waals surface area contributed by atoms with Crippen LogP contribution in [0.15, 0.2) is 84.9 Å². The summed E-state index contributed by atoms with van der Waals surface area (Å²) in [7, 11) is 2.27. The molecule has 1 nitrogen and oxygen atoms in total. The van der Waals surface area contributed by atoms with Crippen LogP contribution in [0.2, 0.25) is 0 Å². The fraction of sp³-hybridized carbons (Fsp3) is 0.250. The summed E-state index contributed by atoms with van der Waals surface area (Å²) in [6.45, 7) is 9.61. The van der Waals surface area contributed by atoms with Crippen LogP contribution in [0.4, 0.5) is 11.4 Å². The zero-order valence-electron chi connectivity index (χ0n) is 20.2. The normalized spacial score (nSPS) is 19.8. The number of fused-ring (bicyclic) bond motifs is 6. The molecule has 6 rings (SSSR count). The van der Waals surface area contributed by atoms with E-state index >= 15 is 0 Å². The van der Waals surface area contributed by atoms with Crippen molar-refractivity contribution in [1.29, 1.82) is 0 Å². The summed E-state index contributed by atoms with van der Waals surface area (Å²) in [6.07, 6.45) is 0. The van der Waals surface area contributed by atoms with Crippen molar-refractivity contribution < 1.29 is 0 Å². The first-order valence-corrected chi connectivity index (χ1v) is 12.1. The second kappa shape index (κ2) is 7.09. The topological polar surface area (TPSA) is 3.24 Å². The van der Waals surface area contributed by atoms with Gasteiger partial charge in [-0.3, -0.25) is 0 Å². The summed E-state index contributed by atoms with van der Waals surface area (Å²) in [6, 6.07) is 31.4. The molecule has 4 aromatic rings. The van der Waals surface area contributed by atoms with Gasteiger partial charge in [0.05, 0.1) is 0 Å². The lowest BCUT2D eigenvalue weighted by Gasteiger charge is -2.31. The molecular weight excluding hydrogens is 398 g/mol. The van der Waals surface area contributed by atoms with Gasteiger partial charge in [0.15, 0.2) is 0 Å². The molecule has 0 N–H and O–H groups in total. The number of nitrogens with zero attached hydrogens (tertiary/aromatic N) is 1. The van der Waals surface area contributed by atoms with Gasteiger partial charge in [-0.1, -0.05) is 107 Å². The first-order chi connectivity index (χ1) is 15.9. The quantitative estimate of drug-likeness (QED) is 0.293. The van der Waals surface area contributed by atoms with Crippen LogP contribution in [0.25, 0.3) is 22.3 Å². The molecular formula is C32H31N. The Hall–Kier alpha value is -3.32. The summed E-state index contributed by atoms with van der Waals surface area (Å²) in [5.41, 5.74) is 13.9. The first-order valence-electron chi connectivity index (χ1n) is 12.1. The lowest BCUT2D eigenvalue weighted by atomic mass is 9.77. The monoisotopic (exact) mass is 429 g/mol. The molecule has 0 saturated carbocycles. The fourth-order valence-corrected chi connectivity index (χ4v) is 6.42. The summed E-state index contributed by atoms with van der Waals surface area (Å²) in [4.78, 5) is 2.49. The Morgan fingerprint density at radius 3 is 2.15 bits per heavy atom. The second-order valence-corrected chi connectivity index (χ2v) is 10.3. The van der Waals surface area contributed by atoms with Gasteiger partial charge in [-0.25, -0.2) is 0 Å². The highest BCUT2D eigenvalue weighted by atomic mass is 15.1.